The molecule has 1 aromatic carbocycles. The zero-order chi connectivity index (χ0) is 11.4. The zero-order valence-electron chi connectivity index (χ0n) is 9.30. The van der Waals surface area contributed by atoms with Gasteiger partial charge in [-0.15, -0.1) is 0 Å². The van der Waals surface area contributed by atoms with E-state index in [9.17, 15) is 5.11 Å². The average Bonchev–Trinajstić information content (AvgIpc) is 2.39. The number of aliphatic hydroxyl groups excluding tert-OH is 1. The van der Waals surface area contributed by atoms with Gasteiger partial charge in [-0.2, -0.15) is 0 Å². The minimum atomic E-state index is -0.632. The Balaban J connectivity index is 2.30. The van der Waals surface area contributed by atoms with E-state index in [1.165, 1.54) is 5.56 Å². The fraction of sp³-hybridized carbons (Fsp3) is 0.214. The van der Waals surface area contributed by atoms with Gasteiger partial charge >= 0.3 is 0 Å². The highest BCUT2D eigenvalue weighted by Crippen LogP contribution is 2.20. The van der Waals surface area contributed by atoms with Gasteiger partial charge in [0.2, 0.25) is 0 Å². The van der Waals surface area contributed by atoms with Crippen LogP contribution in [0.4, 0.5) is 0 Å². The maximum absolute atomic E-state index is 10.1. The van der Waals surface area contributed by atoms with Gasteiger partial charge < -0.3 is 5.11 Å². The van der Waals surface area contributed by atoms with Crippen LogP contribution >= 0.6 is 0 Å². The highest BCUT2D eigenvalue weighted by Gasteiger charge is 2.11. The molecule has 16 heavy (non-hydrogen) atoms. The molecule has 0 aliphatic carbocycles. The quantitative estimate of drug-likeness (QED) is 0.850. The van der Waals surface area contributed by atoms with Crippen LogP contribution in [0.25, 0.3) is 0 Å². The lowest BCUT2D eigenvalue weighted by molar-refractivity contribution is 0.215. The fourth-order valence-electron chi connectivity index (χ4n) is 1.67. The number of hydrogen-bond donors (Lipinski definition) is 1. The summed E-state index contributed by atoms with van der Waals surface area (Å²) in [4.78, 5) is 4.21. The first-order chi connectivity index (χ1) is 7.81. The topological polar surface area (TPSA) is 33.1 Å². The summed E-state index contributed by atoms with van der Waals surface area (Å²) >= 11 is 0. The first kappa shape index (κ1) is 10.8. The molecule has 0 radical (unpaired) electrons. The summed E-state index contributed by atoms with van der Waals surface area (Å²) in [6, 6.07) is 13.5. The molecule has 2 rings (SSSR count). The molecule has 0 spiro atoms. The Bertz CT molecular complexity index is 453. The minimum absolute atomic E-state index is 0.632. The molecule has 2 heteroatoms. The van der Waals surface area contributed by atoms with E-state index in [4.69, 9.17) is 0 Å². The summed E-state index contributed by atoms with van der Waals surface area (Å²) in [5.74, 6) is 0. The van der Waals surface area contributed by atoms with Crippen molar-refractivity contribution in [3.63, 3.8) is 0 Å². The highest BCUT2D eigenvalue weighted by molar-refractivity contribution is 5.27. The number of pyridine rings is 1. The Labute approximate surface area is 95.6 Å². The molecule has 0 fully saturated rings. The van der Waals surface area contributed by atoms with Crippen LogP contribution in [0.15, 0.2) is 48.7 Å². The summed E-state index contributed by atoms with van der Waals surface area (Å²) in [5, 5.41) is 10.1. The normalized spacial score (nSPS) is 12.4. The fourth-order valence-corrected chi connectivity index (χ4v) is 1.67. The van der Waals surface area contributed by atoms with E-state index in [0.29, 0.717) is 5.69 Å². The van der Waals surface area contributed by atoms with E-state index < -0.39 is 6.10 Å². The molecule has 0 aliphatic heterocycles. The van der Waals surface area contributed by atoms with Crippen molar-refractivity contribution < 1.29 is 5.11 Å². The van der Waals surface area contributed by atoms with E-state index in [1.807, 2.05) is 42.5 Å². The maximum atomic E-state index is 10.1. The Hall–Kier alpha value is -1.67. The van der Waals surface area contributed by atoms with E-state index in [1.54, 1.807) is 6.20 Å². The lowest BCUT2D eigenvalue weighted by atomic mass is 10.0. The number of aromatic nitrogens is 1. The second-order valence-electron chi connectivity index (χ2n) is 3.76. The number of benzene rings is 1. The molecule has 1 aromatic heterocycles. The molecule has 0 aliphatic rings. The number of aryl methyl sites for hydroxylation is 1. The van der Waals surface area contributed by atoms with E-state index in [2.05, 4.69) is 11.9 Å². The van der Waals surface area contributed by atoms with E-state index >= 15 is 0 Å². The summed E-state index contributed by atoms with van der Waals surface area (Å²) in [7, 11) is 0. The average molecular weight is 213 g/mol. The van der Waals surface area contributed by atoms with Crippen LogP contribution in [0.5, 0.6) is 0 Å². The SMILES string of the molecule is CCc1ccnc(C(O)c2ccccc2)c1. The van der Waals surface area contributed by atoms with Gasteiger partial charge in [0.1, 0.15) is 6.10 Å². The van der Waals surface area contributed by atoms with Crippen LogP contribution in [0, 0.1) is 0 Å². The molecule has 0 amide bonds. The van der Waals surface area contributed by atoms with Crippen molar-refractivity contribution in [2.24, 2.45) is 0 Å². The van der Waals surface area contributed by atoms with Gasteiger partial charge in [0.05, 0.1) is 5.69 Å². The molecule has 2 nitrogen and oxygen atoms in total. The van der Waals surface area contributed by atoms with Gasteiger partial charge in [0, 0.05) is 6.20 Å². The number of rotatable bonds is 3. The molecule has 0 saturated heterocycles. The first-order valence-electron chi connectivity index (χ1n) is 5.49. The Morgan fingerprint density at radius 3 is 2.62 bits per heavy atom. The molecule has 1 N–H and O–H groups in total. The van der Waals surface area contributed by atoms with Gasteiger partial charge in [-0.25, -0.2) is 0 Å². The zero-order valence-corrected chi connectivity index (χ0v) is 9.30. The molecule has 0 saturated carbocycles. The van der Waals surface area contributed by atoms with Crippen LogP contribution in [0.3, 0.4) is 0 Å². The standard InChI is InChI=1S/C14H15NO/c1-2-11-8-9-15-13(10-11)14(16)12-6-4-3-5-7-12/h3-10,14,16H,2H2,1H3. The second-order valence-corrected chi connectivity index (χ2v) is 3.76. The van der Waals surface area contributed by atoms with Crippen LogP contribution < -0.4 is 0 Å². The van der Waals surface area contributed by atoms with Crippen molar-refractivity contribution in [1.29, 1.82) is 0 Å². The second kappa shape index (κ2) is 4.90. The lowest BCUT2D eigenvalue weighted by Gasteiger charge is -2.11. The molecule has 1 atom stereocenters. The molecule has 82 valence electrons. The van der Waals surface area contributed by atoms with E-state index in [0.717, 1.165) is 12.0 Å². The summed E-state index contributed by atoms with van der Waals surface area (Å²) < 4.78 is 0. The van der Waals surface area contributed by atoms with Gasteiger partial charge in [-0.05, 0) is 29.7 Å². The Morgan fingerprint density at radius 2 is 1.94 bits per heavy atom. The van der Waals surface area contributed by atoms with Crippen molar-refractivity contribution in [2.45, 2.75) is 19.4 Å². The predicted molar refractivity (Wildman–Crippen MR) is 64.1 cm³/mol. The smallest absolute Gasteiger partial charge is 0.121 e. The van der Waals surface area contributed by atoms with Crippen molar-refractivity contribution >= 4 is 0 Å². The third kappa shape index (κ3) is 2.28. The number of nitrogens with zero attached hydrogens (tertiary/aromatic N) is 1. The van der Waals surface area contributed by atoms with Gasteiger partial charge in [-0.3, -0.25) is 4.98 Å². The maximum Gasteiger partial charge on any atom is 0.121 e. The van der Waals surface area contributed by atoms with Crippen molar-refractivity contribution in [3.05, 3.63) is 65.5 Å². The van der Waals surface area contributed by atoms with Crippen LogP contribution in [0.2, 0.25) is 0 Å². The highest BCUT2D eigenvalue weighted by atomic mass is 16.3. The molecule has 2 aromatic rings. The third-order valence-electron chi connectivity index (χ3n) is 2.65. The van der Waals surface area contributed by atoms with Gasteiger partial charge in [0.15, 0.2) is 0 Å². The monoisotopic (exact) mass is 213 g/mol. The van der Waals surface area contributed by atoms with Crippen molar-refractivity contribution in [3.8, 4) is 0 Å². The van der Waals surface area contributed by atoms with E-state index in [-0.39, 0.29) is 0 Å². The van der Waals surface area contributed by atoms with Crippen molar-refractivity contribution in [1.82, 2.24) is 4.98 Å². The van der Waals surface area contributed by atoms with Crippen molar-refractivity contribution in [2.75, 3.05) is 0 Å². The summed E-state index contributed by atoms with van der Waals surface area (Å²) in [5.41, 5.74) is 2.79. The van der Waals surface area contributed by atoms with Crippen LogP contribution in [0.1, 0.15) is 29.8 Å². The predicted octanol–water partition coefficient (Wildman–Crippen LogP) is 2.73. The molecule has 0 bridgehead atoms. The summed E-state index contributed by atoms with van der Waals surface area (Å²) in [6.45, 7) is 2.09. The molecule has 1 unspecified atom stereocenters. The Kier molecular flexibility index (Phi) is 3.32. The molecular formula is C14H15NO. The number of aliphatic hydroxyl groups is 1. The molecule has 1 heterocycles. The van der Waals surface area contributed by atoms with Gasteiger partial charge in [-0.1, -0.05) is 37.3 Å². The van der Waals surface area contributed by atoms with Crippen LogP contribution in [-0.4, -0.2) is 10.1 Å². The molecular weight excluding hydrogens is 198 g/mol. The largest absolute Gasteiger partial charge is 0.382 e. The first-order valence-corrected chi connectivity index (χ1v) is 5.49. The minimum Gasteiger partial charge on any atom is -0.382 e. The van der Waals surface area contributed by atoms with Gasteiger partial charge in [0.25, 0.3) is 0 Å². The van der Waals surface area contributed by atoms with Crippen LogP contribution in [-0.2, 0) is 6.42 Å². The number of hydrogen-bond acceptors (Lipinski definition) is 2. The third-order valence-corrected chi connectivity index (χ3v) is 2.65. The Morgan fingerprint density at radius 1 is 1.19 bits per heavy atom. The summed E-state index contributed by atoms with van der Waals surface area (Å²) in [6.07, 6.45) is 2.07. The lowest BCUT2D eigenvalue weighted by Crippen LogP contribution is -2.02.